The zero-order valence-corrected chi connectivity index (χ0v) is 13.6. The monoisotopic (exact) mass is 342 g/mol. The summed E-state index contributed by atoms with van der Waals surface area (Å²) in [6.07, 6.45) is -1.09. The van der Waals surface area contributed by atoms with Crippen molar-refractivity contribution in [3.05, 3.63) is 28.8 Å². The van der Waals surface area contributed by atoms with Crippen LogP contribution in [0.4, 0.5) is 0 Å². The van der Waals surface area contributed by atoms with E-state index >= 15 is 0 Å². The minimum Gasteiger partial charge on any atom is -0.479 e. The van der Waals surface area contributed by atoms with E-state index in [1.165, 1.54) is 11.0 Å². The summed E-state index contributed by atoms with van der Waals surface area (Å²) in [5.41, 5.74) is 1.25. The number of benzene rings is 1. The first kappa shape index (κ1) is 17.4. The molecule has 0 aromatic heterocycles. The summed E-state index contributed by atoms with van der Waals surface area (Å²) >= 11 is 0. The van der Waals surface area contributed by atoms with E-state index in [1.807, 2.05) is 0 Å². The van der Waals surface area contributed by atoms with E-state index in [1.54, 1.807) is 19.9 Å². The van der Waals surface area contributed by atoms with Gasteiger partial charge in [-0.05, 0) is 37.1 Å². The highest BCUT2D eigenvalue weighted by Gasteiger charge is 2.30. The standard InChI is InChI=1S/C14H18N2O6S/c1-8-5-10(6-12(9(8)2)23(15,20)21)13(17)16-3-4-22-11(7-16)14(18)19/h5-6,11H,3-4,7H2,1-2H3,(H,18,19)(H2,15,20,21). The number of hydrogen-bond donors (Lipinski definition) is 2. The maximum Gasteiger partial charge on any atom is 0.334 e. The molecule has 0 radical (unpaired) electrons. The van der Waals surface area contributed by atoms with Crippen molar-refractivity contribution < 1.29 is 27.9 Å². The van der Waals surface area contributed by atoms with Crippen molar-refractivity contribution in [1.29, 1.82) is 0 Å². The second kappa shape index (κ2) is 6.26. The Labute approximate surface area is 133 Å². The number of hydrogen-bond acceptors (Lipinski definition) is 5. The lowest BCUT2D eigenvalue weighted by molar-refractivity contribution is -0.154. The first-order chi connectivity index (χ1) is 10.6. The third-order valence-corrected chi connectivity index (χ3v) is 4.84. The number of nitrogens with two attached hydrogens (primary N) is 1. The minimum atomic E-state index is -3.96. The van der Waals surface area contributed by atoms with Crippen LogP contribution in [0.25, 0.3) is 0 Å². The molecule has 0 saturated carbocycles. The van der Waals surface area contributed by atoms with Crippen LogP contribution < -0.4 is 5.14 Å². The van der Waals surface area contributed by atoms with Crippen LogP contribution in [0.2, 0.25) is 0 Å². The molecule has 0 bridgehead atoms. The van der Waals surface area contributed by atoms with E-state index in [-0.39, 0.29) is 30.2 Å². The molecule has 1 aliphatic heterocycles. The van der Waals surface area contributed by atoms with Gasteiger partial charge in [-0.15, -0.1) is 0 Å². The molecule has 0 spiro atoms. The van der Waals surface area contributed by atoms with Gasteiger partial charge in [0, 0.05) is 12.1 Å². The number of amides is 1. The summed E-state index contributed by atoms with van der Waals surface area (Å²) in [5.74, 6) is -1.60. The van der Waals surface area contributed by atoms with E-state index in [4.69, 9.17) is 15.0 Å². The number of rotatable bonds is 3. The van der Waals surface area contributed by atoms with Crippen LogP contribution in [0.1, 0.15) is 21.5 Å². The topological polar surface area (TPSA) is 127 Å². The molecule has 1 aliphatic rings. The minimum absolute atomic E-state index is 0.0915. The summed E-state index contributed by atoms with van der Waals surface area (Å²) in [4.78, 5) is 24.8. The van der Waals surface area contributed by atoms with Crippen LogP contribution >= 0.6 is 0 Å². The number of nitrogens with zero attached hydrogens (tertiary/aromatic N) is 1. The van der Waals surface area contributed by atoms with E-state index in [0.29, 0.717) is 11.1 Å². The number of primary sulfonamides is 1. The van der Waals surface area contributed by atoms with Crippen molar-refractivity contribution in [1.82, 2.24) is 4.90 Å². The first-order valence-electron chi connectivity index (χ1n) is 6.89. The Morgan fingerprint density at radius 2 is 2.00 bits per heavy atom. The first-order valence-corrected chi connectivity index (χ1v) is 8.43. The maximum absolute atomic E-state index is 12.6. The number of aliphatic carboxylic acids is 1. The van der Waals surface area contributed by atoms with Crippen LogP contribution in [0, 0.1) is 13.8 Å². The van der Waals surface area contributed by atoms with Gasteiger partial charge in [-0.25, -0.2) is 18.4 Å². The molecule has 126 valence electrons. The zero-order valence-electron chi connectivity index (χ0n) is 12.8. The molecule has 2 rings (SSSR count). The van der Waals surface area contributed by atoms with E-state index < -0.39 is 28.0 Å². The average Bonchev–Trinajstić information content (AvgIpc) is 2.48. The maximum atomic E-state index is 12.6. The smallest absolute Gasteiger partial charge is 0.334 e. The SMILES string of the molecule is Cc1cc(C(=O)N2CCOC(C(=O)O)C2)cc(S(N)(=O)=O)c1C. The fourth-order valence-corrected chi connectivity index (χ4v) is 3.29. The van der Waals surface area contributed by atoms with Crippen LogP contribution in [0.5, 0.6) is 0 Å². The Balaban J connectivity index is 2.36. The van der Waals surface area contributed by atoms with Crippen molar-refractivity contribution >= 4 is 21.9 Å². The molecule has 23 heavy (non-hydrogen) atoms. The summed E-state index contributed by atoms with van der Waals surface area (Å²) in [6.45, 7) is 3.54. The third-order valence-electron chi connectivity index (χ3n) is 3.80. The predicted molar refractivity (Wildman–Crippen MR) is 80.6 cm³/mol. The molecule has 9 heteroatoms. The lowest BCUT2D eigenvalue weighted by Gasteiger charge is -2.31. The number of ether oxygens (including phenoxy) is 1. The fourth-order valence-electron chi connectivity index (χ4n) is 2.41. The van der Waals surface area contributed by atoms with Crippen molar-refractivity contribution in [2.75, 3.05) is 19.7 Å². The number of carbonyl (C=O) groups is 2. The zero-order chi connectivity index (χ0) is 17.4. The molecule has 1 aromatic carbocycles. The highest BCUT2D eigenvalue weighted by Crippen LogP contribution is 2.21. The number of carbonyl (C=O) groups excluding carboxylic acids is 1. The molecule has 1 heterocycles. The molecule has 1 unspecified atom stereocenters. The Kier molecular flexibility index (Phi) is 4.73. The van der Waals surface area contributed by atoms with Gasteiger partial charge in [0.25, 0.3) is 5.91 Å². The van der Waals surface area contributed by atoms with Gasteiger partial charge >= 0.3 is 5.97 Å². The molecule has 3 N–H and O–H groups in total. The Bertz CT molecular complexity index is 759. The number of carboxylic acid groups (broad SMARTS) is 1. The molecular weight excluding hydrogens is 324 g/mol. The van der Waals surface area contributed by atoms with E-state index in [2.05, 4.69) is 0 Å². The predicted octanol–water partition coefficient (Wildman–Crippen LogP) is -0.124. The van der Waals surface area contributed by atoms with Gasteiger partial charge in [-0.1, -0.05) is 0 Å². The van der Waals surface area contributed by atoms with Gasteiger partial charge in [0.1, 0.15) is 0 Å². The number of aryl methyl sites for hydroxylation is 1. The van der Waals surface area contributed by atoms with E-state index in [9.17, 15) is 18.0 Å². The average molecular weight is 342 g/mol. The van der Waals surface area contributed by atoms with Gasteiger partial charge in [0.15, 0.2) is 6.10 Å². The fraction of sp³-hybridized carbons (Fsp3) is 0.429. The molecule has 1 saturated heterocycles. The molecule has 1 aromatic rings. The van der Waals surface area contributed by atoms with Gasteiger partial charge in [0.2, 0.25) is 10.0 Å². The lowest BCUT2D eigenvalue weighted by Crippen LogP contribution is -2.48. The van der Waals surface area contributed by atoms with Gasteiger partial charge in [-0.2, -0.15) is 0 Å². The van der Waals surface area contributed by atoms with Gasteiger partial charge < -0.3 is 14.7 Å². The number of morpholine rings is 1. The molecule has 0 aliphatic carbocycles. The Hall–Kier alpha value is -1.97. The number of carboxylic acids is 1. The number of sulfonamides is 1. The van der Waals surface area contributed by atoms with Crippen molar-refractivity contribution in [2.45, 2.75) is 24.8 Å². The Morgan fingerprint density at radius 3 is 2.57 bits per heavy atom. The molecule has 8 nitrogen and oxygen atoms in total. The van der Waals surface area contributed by atoms with Crippen LogP contribution in [0.15, 0.2) is 17.0 Å². The van der Waals surface area contributed by atoms with Crippen LogP contribution in [-0.2, 0) is 19.6 Å². The summed E-state index contributed by atoms with van der Waals surface area (Å²) < 4.78 is 28.4. The molecular formula is C14H18N2O6S. The summed E-state index contributed by atoms with van der Waals surface area (Å²) in [7, 11) is -3.96. The van der Waals surface area contributed by atoms with Crippen molar-refractivity contribution in [3.8, 4) is 0 Å². The second-order valence-electron chi connectivity index (χ2n) is 5.41. The molecule has 1 fully saturated rings. The quantitative estimate of drug-likeness (QED) is 0.788. The van der Waals surface area contributed by atoms with Crippen molar-refractivity contribution in [3.63, 3.8) is 0 Å². The highest BCUT2D eigenvalue weighted by atomic mass is 32.2. The van der Waals surface area contributed by atoms with Gasteiger partial charge in [-0.3, -0.25) is 4.79 Å². The molecule has 1 atom stereocenters. The highest BCUT2D eigenvalue weighted by molar-refractivity contribution is 7.89. The van der Waals surface area contributed by atoms with E-state index in [0.717, 1.165) is 0 Å². The van der Waals surface area contributed by atoms with Gasteiger partial charge in [0.05, 0.1) is 18.0 Å². The summed E-state index contributed by atoms with van der Waals surface area (Å²) in [5, 5.41) is 14.2. The third kappa shape index (κ3) is 3.69. The van der Waals surface area contributed by atoms with Crippen LogP contribution in [0.3, 0.4) is 0 Å². The lowest BCUT2D eigenvalue weighted by atomic mass is 10.0. The van der Waals surface area contributed by atoms with Crippen molar-refractivity contribution in [2.24, 2.45) is 5.14 Å². The van der Waals surface area contributed by atoms with Crippen LogP contribution in [-0.4, -0.2) is 56.1 Å². The summed E-state index contributed by atoms with van der Waals surface area (Å²) in [6, 6.07) is 2.79. The normalized spacial score (nSPS) is 18.7. The largest absolute Gasteiger partial charge is 0.479 e. The molecule has 1 amide bonds. The Morgan fingerprint density at radius 1 is 1.35 bits per heavy atom. The second-order valence-corrected chi connectivity index (χ2v) is 6.94.